The van der Waals surface area contributed by atoms with Gasteiger partial charge in [0.25, 0.3) is 5.91 Å². The number of hydrogen-bond donors (Lipinski definition) is 2. The summed E-state index contributed by atoms with van der Waals surface area (Å²) in [5, 5.41) is -0.230. The Labute approximate surface area is 182 Å². The summed E-state index contributed by atoms with van der Waals surface area (Å²) in [7, 11) is -3.22. The van der Waals surface area contributed by atoms with E-state index in [0.29, 0.717) is 0 Å². The number of nitrogens with one attached hydrogen (secondary N) is 1. The Kier molecular flexibility index (Phi) is 6.77. The molecule has 0 atom stereocenters. The third-order valence-electron chi connectivity index (χ3n) is 4.84. The van der Waals surface area contributed by atoms with Gasteiger partial charge in [-0.15, -0.1) is 0 Å². The van der Waals surface area contributed by atoms with Crippen LogP contribution in [0.1, 0.15) is 15.9 Å². The van der Waals surface area contributed by atoms with Crippen LogP contribution in [-0.4, -0.2) is 49.9 Å². The van der Waals surface area contributed by atoms with Crippen LogP contribution in [0.25, 0.3) is 0 Å². The van der Waals surface area contributed by atoms with Gasteiger partial charge in [0, 0.05) is 29.9 Å². The highest BCUT2D eigenvalue weighted by molar-refractivity contribution is 7.91. The molecule has 166 valence electrons. The third kappa shape index (κ3) is 5.30. The summed E-state index contributed by atoms with van der Waals surface area (Å²) in [4.78, 5) is 27.2. The van der Waals surface area contributed by atoms with E-state index < -0.39 is 33.4 Å². The molecule has 0 aromatic heterocycles. The molecular formula is C19H19ClF2N4O4S. The first kappa shape index (κ1) is 22.9. The Morgan fingerprint density at radius 3 is 2.35 bits per heavy atom. The second kappa shape index (κ2) is 9.16. The van der Waals surface area contributed by atoms with Gasteiger partial charge in [-0.1, -0.05) is 17.7 Å². The first-order chi connectivity index (χ1) is 14.6. The first-order valence-electron chi connectivity index (χ1n) is 9.12. The van der Waals surface area contributed by atoms with E-state index in [4.69, 9.17) is 17.4 Å². The number of rotatable bonds is 4. The van der Waals surface area contributed by atoms with Gasteiger partial charge in [-0.25, -0.2) is 27.8 Å². The van der Waals surface area contributed by atoms with Crippen LogP contribution < -0.4 is 16.2 Å². The Hall–Kier alpha value is -2.76. The fourth-order valence-corrected chi connectivity index (χ4v) is 4.44. The van der Waals surface area contributed by atoms with Gasteiger partial charge < -0.3 is 4.90 Å². The summed E-state index contributed by atoms with van der Waals surface area (Å²) in [6.45, 7) is -0.310. The number of nitrogen functional groups attached to an aromatic ring is 1. The number of amides is 3. The summed E-state index contributed by atoms with van der Waals surface area (Å²) < 4.78 is 51.6. The van der Waals surface area contributed by atoms with Gasteiger partial charge in [0.05, 0.1) is 23.1 Å². The molecule has 1 aliphatic heterocycles. The van der Waals surface area contributed by atoms with Gasteiger partial charge in [-0.05, 0) is 30.3 Å². The number of hydrazine groups is 1. The second-order valence-corrected chi connectivity index (χ2v) is 9.60. The van der Waals surface area contributed by atoms with Crippen molar-refractivity contribution in [1.29, 1.82) is 0 Å². The molecule has 3 rings (SSSR count). The second-order valence-electron chi connectivity index (χ2n) is 6.89. The van der Waals surface area contributed by atoms with Crippen LogP contribution in [0.5, 0.6) is 0 Å². The number of carbonyl (C=O) groups excluding carboxylic acids is 2. The SMILES string of the molecule is NNC(=O)c1ccc(CN(C(=O)N2CCS(=O)(=O)CC2)c2ccc(F)c(Cl)c2)c(F)c1. The van der Waals surface area contributed by atoms with Crippen LogP contribution in [-0.2, 0) is 16.4 Å². The van der Waals surface area contributed by atoms with Crippen molar-refractivity contribution >= 4 is 39.1 Å². The van der Waals surface area contributed by atoms with Crippen molar-refractivity contribution in [3.63, 3.8) is 0 Å². The summed E-state index contributed by atoms with van der Waals surface area (Å²) in [5.41, 5.74) is 2.17. The molecule has 0 spiro atoms. The molecule has 2 aromatic rings. The highest BCUT2D eigenvalue weighted by Gasteiger charge is 2.30. The van der Waals surface area contributed by atoms with Crippen LogP contribution in [0.4, 0.5) is 19.3 Å². The van der Waals surface area contributed by atoms with Crippen LogP contribution in [0, 0.1) is 11.6 Å². The van der Waals surface area contributed by atoms with E-state index in [9.17, 15) is 26.8 Å². The van der Waals surface area contributed by atoms with Crippen molar-refractivity contribution < 1.29 is 26.8 Å². The van der Waals surface area contributed by atoms with Crippen molar-refractivity contribution in [2.45, 2.75) is 6.54 Å². The van der Waals surface area contributed by atoms with Crippen molar-refractivity contribution in [1.82, 2.24) is 10.3 Å². The van der Waals surface area contributed by atoms with Gasteiger partial charge in [0.2, 0.25) is 0 Å². The van der Waals surface area contributed by atoms with Crippen LogP contribution in [0.2, 0.25) is 5.02 Å². The molecule has 0 radical (unpaired) electrons. The standard InChI is InChI=1S/C19H19ClF2N4O4S/c20-15-10-14(3-4-16(15)21)26(19(28)25-5-7-31(29,30)8-6-25)11-13-2-1-12(9-17(13)22)18(27)24-23/h1-4,9-10H,5-8,11,23H2,(H,24,27). The van der Waals surface area contributed by atoms with E-state index in [1.54, 1.807) is 0 Å². The van der Waals surface area contributed by atoms with E-state index >= 15 is 0 Å². The Morgan fingerprint density at radius 2 is 1.77 bits per heavy atom. The number of sulfone groups is 1. The van der Waals surface area contributed by atoms with Gasteiger partial charge in [-0.2, -0.15) is 0 Å². The Bertz CT molecular complexity index is 1120. The largest absolute Gasteiger partial charge is 0.324 e. The predicted molar refractivity (Wildman–Crippen MR) is 111 cm³/mol. The maximum absolute atomic E-state index is 14.6. The fraction of sp³-hybridized carbons (Fsp3) is 0.263. The lowest BCUT2D eigenvalue weighted by Gasteiger charge is -2.33. The Morgan fingerprint density at radius 1 is 1.10 bits per heavy atom. The molecule has 0 aliphatic carbocycles. The van der Waals surface area contributed by atoms with Crippen molar-refractivity contribution in [2.24, 2.45) is 5.84 Å². The molecule has 3 N–H and O–H groups in total. The lowest BCUT2D eigenvalue weighted by molar-refractivity contribution is 0.0953. The minimum Gasteiger partial charge on any atom is -0.322 e. The zero-order valence-corrected chi connectivity index (χ0v) is 17.7. The highest BCUT2D eigenvalue weighted by Crippen LogP contribution is 2.26. The molecular weight excluding hydrogens is 454 g/mol. The summed E-state index contributed by atoms with van der Waals surface area (Å²) in [6.07, 6.45) is 0. The van der Waals surface area contributed by atoms with E-state index in [2.05, 4.69) is 0 Å². The molecule has 31 heavy (non-hydrogen) atoms. The lowest BCUT2D eigenvalue weighted by Crippen LogP contribution is -2.49. The van der Waals surface area contributed by atoms with E-state index in [1.807, 2.05) is 5.43 Å². The molecule has 1 aliphatic rings. The maximum Gasteiger partial charge on any atom is 0.324 e. The number of nitrogens with zero attached hydrogens (tertiary/aromatic N) is 2. The average molecular weight is 473 g/mol. The molecule has 0 saturated carbocycles. The van der Waals surface area contributed by atoms with Crippen molar-refractivity contribution in [3.8, 4) is 0 Å². The van der Waals surface area contributed by atoms with Crippen LogP contribution in [0.15, 0.2) is 36.4 Å². The van der Waals surface area contributed by atoms with Gasteiger partial charge in [0.15, 0.2) is 9.84 Å². The predicted octanol–water partition coefficient (Wildman–Crippen LogP) is 2.08. The molecule has 12 heteroatoms. The number of anilines is 1. The van der Waals surface area contributed by atoms with Crippen molar-refractivity contribution in [2.75, 3.05) is 29.5 Å². The zero-order chi connectivity index (χ0) is 22.8. The van der Waals surface area contributed by atoms with Crippen LogP contribution in [0.3, 0.4) is 0 Å². The number of carbonyl (C=O) groups is 2. The molecule has 8 nitrogen and oxygen atoms in total. The fourth-order valence-electron chi connectivity index (χ4n) is 3.07. The summed E-state index contributed by atoms with van der Waals surface area (Å²) in [6, 6.07) is 6.67. The van der Waals surface area contributed by atoms with E-state index in [0.717, 1.165) is 12.1 Å². The summed E-state index contributed by atoms with van der Waals surface area (Å²) >= 11 is 5.86. The highest BCUT2D eigenvalue weighted by atomic mass is 35.5. The average Bonchev–Trinajstić information content (AvgIpc) is 2.74. The molecule has 2 aromatic carbocycles. The molecule has 0 bridgehead atoms. The maximum atomic E-state index is 14.6. The molecule has 3 amide bonds. The normalized spacial score (nSPS) is 15.4. The monoisotopic (exact) mass is 472 g/mol. The molecule has 1 saturated heterocycles. The molecule has 1 heterocycles. The van der Waals surface area contributed by atoms with Gasteiger partial charge in [-0.3, -0.25) is 15.1 Å². The number of hydrogen-bond acceptors (Lipinski definition) is 5. The zero-order valence-electron chi connectivity index (χ0n) is 16.1. The lowest BCUT2D eigenvalue weighted by atomic mass is 10.1. The number of nitrogens with two attached hydrogens (primary N) is 1. The topological polar surface area (TPSA) is 113 Å². The third-order valence-corrected chi connectivity index (χ3v) is 6.73. The van der Waals surface area contributed by atoms with E-state index in [-0.39, 0.29) is 53.0 Å². The van der Waals surface area contributed by atoms with Gasteiger partial charge >= 0.3 is 6.03 Å². The number of urea groups is 1. The minimum absolute atomic E-state index is 0.00677. The minimum atomic E-state index is -3.22. The van der Waals surface area contributed by atoms with Crippen molar-refractivity contribution in [3.05, 3.63) is 64.2 Å². The number of halogens is 3. The van der Waals surface area contributed by atoms with E-state index in [1.165, 1.54) is 34.1 Å². The molecule has 0 unspecified atom stereocenters. The first-order valence-corrected chi connectivity index (χ1v) is 11.3. The van der Waals surface area contributed by atoms with Gasteiger partial charge in [0.1, 0.15) is 11.6 Å². The number of benzene rings is 2. The Balaban J connectivity index is 1.93. The summed E-state index contributed by atoms with van der Waals surface area (Å²) in [5.74, 6) is 2.55. The molecule has 1 fully saturated rings. The quantitative estimate of drug-likeness (QED) is 0.402. The van der Waals surface area contributed by atoms with Crippen LogP contribution >= 0.6 is 11.6 Å². The smallest absolute Gasteiger partial charge is 0.322 e.